The lowest BCUT2D eigenvalue weighted by Crippen LogP contribution is -2.35. The predicted octanol–water partition coefficient (Wildman–Crippen LogP) is 1.12. The van der Waals surface area contributed by atoms with Gasteiger partial charge in [0.2, 0.25) is 0 Å². The van der Waals surface area contributed by atoms with Gasteiger partial charge in [-0.1, -0.05) is 6.92 Å². The summed E-state index contributed by atoms with van der Waals surface area (Å²) in [5, 5.41) is 9.48. The second-order valence-corrected chi connectivity index (χ2v) is 4.37. The zero-order valence-electron chi connectivity index (χ0n) is 9.41. The highest BCUT2D eigenvalue weighted by molar-refractivity contribution is 4.68. The Labute approximate surface area is 87.1 Å². The smallest absolute Gasteiger partial charge is 0.0664 e. The van der Waals surface area contributed by atoms with Crippen LogP contribution in [0.5, 0.6) is 0 Å². The molecule has 1 rings (SSSR count). The molecule has 3 nitrogen and oxygen atoms in total. The van der Waals surface area contributed by atoms with Gasteiger partial charge in [-0.15, -0.1) is 0 Å². The van der Waals surface area contributed by atoms with Crippen LogP contribution >= 0.6 is 0 Å². The van der Waals surface area contributed by atoms with Crippen LogP contribution in [0.3, 0.4) is 0 Å². The highest BCUT2D eigenvalue weighted by atomic mass is 16.5. The summed E-state index contributed by atoms with van der Waals surface area (Å²) in [7, 11) is 2.08. The highest BCUT2D eigenvalue weighted by Gasteiger charge is 2.16. The summed E-state index contributed by atoms with van der Waals surface area (Å²) in [5.41, 5.74) is 0. The third-order valence-electron chi connectivity index (χ3n) is 2.82. The Morgan fingerprint density at radius 1 is 1.57 bits per heavy atom. The number of likely N-dealkylation sites (N-methyl/N-ethyl adjacent to an activating group) is 1. The van der Waals surface area contributed by atoms with Gasteiger partial charge in [0, 0.05) is 19.7 Å². The van der Waals surface area contributed by atoms with E-state index in [1.54, 1.807) is 0 Å². The van der Waals surface area contributed by atoms with E-state index >= 15 is 0 Å². The van der Waals surface area contributed by atoms with Crippen molar-refractivity contribution in [2.75, 3.05) is 33.4 Å². The molecule has 1 heterocycles. The summed E-state index contributed by atoms with van der Waals surface area (Å²) in [6.45, 7) is 5.68. The van der Waals surface area contributed by atoms with Gasteiger partial charge in [-0.3, -0.25) is 0 Å². The lowest BCUT2D eigenvalue weighted by atomic mass is 10.0. The molecule has 1 fully saturated rings. The molecule has 1 saturated heterocycles. The molecule has 3 heteroatoms. The van der Waals surface area contributed by atoms with Crippen LogP contribution in [0.1, 0.15) is 26.2 Å². The van der Waals surface area contributed by atoms with Gasteiger partial charge < -0.3 is 14.7 Å². The SMILES string of the molecule is CCC(O)CN(C)CC1CCCOC1. The van der Waals surface area contributed by atoms with Gasteiger partial charge in [-0.05, 0) is 32.2 Å². The summed E-state index contributed by atoms with van der Waals surface area (Å²) < 4.78 is 5.43. The second kappa shape index (κ2) is 6.38. The second-order valence-electron chi connectivity index (χ2n) is 4.37. The van der Waals surface area contributed by atoms with Crippen molar-refractivity contribution in [1.82, 2.24) is 4.90 Å². The van der Waals surface area contributed by atoms with E-state index in [1.807, 2.05) is 6.92 Å². The van der Waals surface area contributed by atoms with Crippen LogP contribution in [0.2, 0.25) is 0 Å². The van der Waals surface area contributed by atoms with Gasteiger partial charge in [0.25, 0.3) is 0 Å². The van der Waals surface area contributed by atoms with E-state index < -0.39 is 0 Å². The van der Waals surface area contributed by atoms with E-state index in [0.717, 1.165) is 32.7 Å². The van der Waals surface area contributed by atoms with E-state index in [1.165, 1.54) is 12.8 Å². The van der Waals surface area contributed by atoms with E-state index in [0.29, 0.717) is 5.92 Å². The molecule has 2 atom stereocenters. The molecule has 0 aromatic carbocycles. The number of rotatable bonds is 5. The topological polar surface area (TPSA) is 32.7 Å². The van der Waals surface area contributed by atoms with Crippen molar-refractivity contribution in [3.05, 3.63) is 0 Å². The van der Waals surface area contributed by atoms with Crippen LogP contribution in [0.15, 0.2) is 0 Å². The Bertz CT molecular complexity index is 146. The maximum Gasteiger partial charge on any atom is 0.0664 e. The molecule has 0 aromatic rings. The van der Waals surface area contributed by atoms with Gasteiger partial charge in [-0.25, -0.2) is 0 Å². The molecule has 1 aliphatic rings. The summed E-state index contributed by atoms with van der Waals surface area (Å²) in [6, 6.07) is 0. The molecule has 2 unspecified atom stereocenters. The van der Waals surface area contributed by atoms with Crippen LogP contribution in [-0.4, -0.2) is 49.5 Å². The summed E-state index contributed by atoms with van der Waals surface area (Å²) in [4.78, 5) is 2.22. The molecule has 0 radical (unpaired) electrons. The molecule has 84 valence electrons. The van der Waals surface area contributed by atoms with Crippen molar-refractivity contribution in [1.29, 1.82) is 0 Å². The van der Waals surface area contributed by atoms with Gasteiger partial charge in [0.15, 0.2) is 0 Å². The van der Waals surface area contributed by atoms with Crippen molar-refractivity contribution < 1.29 is 9.84 Å². The van der Waals surface area contributed by atoms with E-state index in [2.05, 4.69) is 11.9 Å². The number of aliphatic hydroxyl groups is 1. The minimum Gasteiger partial charge on any atom is -0.392 e. The molecule has 0 amide bonds. The summed E-state index contributed by atoms with van der Waals surface area (Å²) >= 11 is 0. The van der Waals surface area contributed by atoms with Crippen LogP contribution in [-0.2, 0) is 4.74 Å². The molecule has 0 aromatic heterocycles. The Morgan fingerprint density at radius 2 is 2.36 bits per heavy atom. The van der Waals surface area contributed by atoms with Crippen molar-refractivity contribution in [2.24, 2.45) is 5.92 Å². The van der Waals surface area contributed by atoms with Crippen molar-refractivity contribution in [2.45, 2.75) is 32.3 Å². The zero-order valence-corrected chi connectivity index (χ0v) is 9.41. The Balaban J connectivity index is 2.14. The molecule has 0 aliphatic carbocycles. The van der Waals surface area contributed by atoms with Gasteiger partial charge in [0.05, 0.1) is 12.7 Å². The fraction of sp³-hybridized carbons (Fsp3) is 1.00. The van der Waals surface area contributed by atoms with Crippen LogP contribution in [0.4, 0.5) is 0 Å². The lowest BCUT2D eigenvalue weighted by molar-refractivity contribution is 0.0341. The van der Waals surface area contributed by atoms with Gasteiger partial charge >= 0.3 is 0 Å². The molecule has 0 saturated carbocycles. The molecule has 14 heavy (non-hydrogen) atoms. The number of hydrogen-bond donors (Lipinski definition) is 1. The normalized spacial score (nSPS) is 25.3. The summed E-state index contributed by atoms with van der Waals surface area (Å²) in [6.07, 6.45) is 3.12. The average molecular weight is 201 g/mol. The Morgan fingerprint density at radius 3 is 2.93 bits per heavy atom. The monoisotopic (exact) mass is 201 g/mol. The van der Waals surface area contributed by atoms with E-state index in [9.17, 15) is 5.11 Å². The maximum absolute atomic E-state index is 9.48. The average Bonchev–Trinajstić information content (AvgIpc) is 2.19. The van der Waals surface area contributed by atoms with Crippen LogP contribution in [0, 0.1) is 5.92 Å². The Hall–Kier alpha value is -0.120. The van der Waals surface area contributed by atoms with Gasteiger partial charge in [0.1, 0.15) is 0 Å². The van der Waals surface area contributed by atoms with Crippen molar-refractivity contribution in [3.63, 3.8) is 0 Å². The number of nitrogens with zero attached hydrogens (tertiary/aromatic N) is 1. The number of ether oxygens (including phenoxy) is 1. The van der Waals surface area contributed by atoms with Gasteiger partial charge in [-0.2, -0.15) is 0 Å². The van der Waals surface area contributed by atoms with Crippen LogP contribution in [0.25, 0.3) is 0 Å². The van der Waals surface area contributed by atoms with Crippen LogP contribution < -0.4 is 0 Å². The largest absolute Gasteiger partial charge is 0.392 e. The first kappa shape index (κ1) is 12.0. The maximum atomic E-state index is 9.48. The standard InChI is InChI=1S/C11H23NO2/c1-3-11(13)8-12(2)7-10-5-4-6-14-9-10/h10-11,13H,3-9H2,1-2H3. The van der Waals surface area contributed by atoms with Crippen molar-refractivity contribution in [3.8, 4) is 0 Å². The Kier molecular flexibility index (Phi) is 5.45. The minimum absolute atomic E-state index is 0.176. The molecule has 0 bridgehead atoms. The molecule has 0 spiro atoms. The molecule has 1 aliphatic heterocycles. The van der Waals surface area contributed by atoms with E-state index in [4.69, 9.17) is 4.74 Å². The first-order chi connectivity index (χ1) is 6.72. The number of hydrogen-bond acceptors (Lipinski definition) is 3. The minimum atomic E-state index is -0.176. The fourth-order valence-corrected chi connectivity index (χ4v) is 1.96. The number of aliphatic hydroxyl groups excluding tert-OH is 1. The fourth-order valence-electron chi connectivity index (χ4n) is 1.96. The third-order valence-corrected chi connectivity index (χ3v) is 2.82. The molecular formula is C11H23NO2. The molecular weight excluding hydrogens is 178 g/mol. The van der Waals surface area contributed by atoms with Crippen molar-refractivity contribution >= 4 is 0 Å². The first-order valence-corrected chi connectivity index (χ1v) is 5.66. The summed E-state index contributed by atoms with van der Waals surface area (Å²) in [5.74, 6) is 0.665. The predicted molar refractivity (Wildman–Crippen MR) is 57.3 cm³/mol. The molecule has 1 N–H and O–H groups in total. The highest BCUT2D eigenvalue weighted by Crippen LogP contribution is 2.14. The lowest BCUT2D eigenvalue weighted by Gasteiger charge is -2.28. The quantitative estimate of drug-likeness (QED) is 0.723. The zero-order chi connectivity index (χ0) is 10.4. The van der Waals surface area contributed by atoms with E-state index in [-0.39, 0.29) is 6.10 Å². The third kappa shape index (κ3) is 4.40. The first-order valence-electron chi connectivity index (χ1n) is 5.66.